The third kappa shape index (κ3) is 10.0. The van der Waals surface area contributed by atoms with Gasteiger partial charge in [0.2, 0.25) is 23.6 Å². The van der Waals surface area contributed by atoms with Crippen molar-refractivity contribution < 1.29 is 29.1 Å². The van der Waals surface area contributed by atoms with E-state index >= 15 is 0 Å². The van der Waals surface area contributed by atoms with Crippen LogP contribution in [0.15, 0.2) is 0 Å². The Morgan fingerprint density at radius 1 is 0.935 bits per heavy atom. The van der Waals surface area contributed by atoms with Gasteiger partial charge in [0.25, 0.3) is 0 Å². The molecule has 0 aliphatic heterocycles. The van der Waals surface area contributed by atoms with Crippen LogP contribution in [0.5, 0.6) is 0 Å². The number of nitrogens with one attached hydrogen (secondary N) is 3. The summed E-state index contributed by atoms with van der Waals surface area (Å²) < 4.78 is 0. The molecule has 0 saturated heterocycles. The molecule has 0 fully saturated rings. The average Bonchev–Trinajstić information content (AvgIpc) is 2.70. The van der Waals surface area contributed by atoms with Gasteiger partial charge in [0.05, 0.1) is 6.04 Å². The number of amides is 4. The van der Waals surface area contributed by atoms with Crippen molar-refractivity contribution in [2.75, 3.05) is 5.75 Å². The van der Waals surface area contributed by atoms with Crippen LogP contribution in [0.4, 0.5) is 0 Å². The highest BCUT2D eigenvalue weighted by Crippen LogP contribution is 2.11. The first-order valence-electron chi connectivity index (χ1n) is 10.1. The topological polar surface area (TPSA) is 194 Å². The number of rotatable bonds is 14. The van der Waals surface area contributed by atoms with Gasteiger partial charge < -0.3 is 32.5 Å². The molecule has 11 nitrogen and oxygen atoms in total. The smallest absolute Gasteiger partial charge is 0.327 e. The summed E-state index contributed by atoms with van der Waals surface area (Å²) in [6, 6.07) is -4.24. The number of carbonyl (C=O) groups is 5. The molecule has 0 aromatic heterocycles. The maximum atomic E-state index is 12.9. The lowest BCUT2D eigenvalue weighted by Crippen LogP contribution is -2.60. The number of nitrogens with two attached hydrogens (primary N) is 2. The molecule has 0 aromatic carbocycles. The van der Waals surface area contributed by atoms with Crippen LogP contribution in [-0.4, -0.2) is 64.6 Å². The van der Waals surface area contributed by atoms with Crippen molar-refractivity contribution in [3.05, 3.63) is 0 Å². The maximum absolute atomic E-state index is 12.9. The molecule has 0 radical (unpaired) electrons. The van der Waals surface area contributed by atoms with Crippen LogP contribution < -0.4 is 27.4 Å². The van der Waals surface area contributed by atoms with E-state index in [4.69, 9.17) is 16.6 Å². The fraction of sp³-hybridized carbons (Fsp3) is 0.737. The van der Waals surface area contributed by atoms with E-state index in [-0.39, 0.29) is 30.4 Å². The summed E-state index contributed by atoms with van der Waals surface area (Å²) in [5.74, 6) is -4.48. The van der Waals surface area contributed by atoms with Gasteiger partial charge in [-0.2, -0.15) is 12.6 Å². The van der Waals surface area contributed by atoms with E-state index in [2.05, 4.69) is 28.6 Å². The lowest BCUT2D eigenvalue weighted by molar-refractivity contribution is -0.142. The predicted octanol–water partition coefficient (Wildman–Crippen LogP) is -1.25. The predicted molar refractivity (Wildman–Crippen MR) is 118 cm³/mol. The summed E-state index contributed by atoms with van der Waals surface area (Å²) in [6.07, 6.45) is 0.516. The molecular weight excluding hydrogens is 426 g/mol. The number of hydrogen-bond donors (Lipinski definition) is 7. The van der Waals surface area contributed by atoms with Crippen molar-refractivity contribution in [1.82, 2.24) is 16.0 Å². The molecule has 0 saturated carbocycles. The van der Waals surface area contributed by atoms with Crippen molar-refractivity contribution in [1.29, 1.82) is 0 Å². The number of primary amides is 1. The highest BCUT2D eigenvalue weighted by molar-refractivity contribution is 7.80. The van der Waals surface area contributed by atoms with Crippen molar-refractivity contribution in [2.45, 2.75) is 71.1 Å². The van der Waals surface area contributed by atoms with E-state index in [1.54, 1.807) is 20.8 Å². The Morgan fingerprint density at radius 2 is 1.45 bits per heavy atom. The average molecular weight is 462 g/mol. The molecule has 0 rings (SSSR count). The van der Waals surface area contributed by atoms with Crippen LogP contribution in [0.1, 0.15) is 47.0 Å². The van der Waals surface area contributed by atoms with E-state index in [1.165, 1.54) is 0 Å². The summed E-state index contributed by atoms with van der Waals surface area (Å²) in [6.45, 7) is 6.97. The first-order valence-corrected chi connectivity index (χ1v) is 10.8. The number of hydrogen-bond acceptors (Lipinski definition) is 7. The molecule has 0 spiro atoms. The zero-order chi connectivity index (χ0) is 24.3. The van der Waals surface area contributed by atoms with Crippen LogP contribution in [-0.2, 0) is 24.0 Å². The second kappa shape index (κ2) is 13.9. The van der Waals surface area contributed by atoms with E-state index in [0.717, 1.165) is 0 Å². The zero-order valence-electron chi connectivity index (χ0n) is 18.4. The second-order valence-corrected chi connectivity index (χ2v) is 8.16. The minimum Gasteiger partial charge on any atom is -0.480 e. The van der Waals surface area contributed by atoms with Crippen LogP contribution >= 0.6 is 12.6 Å². The van der Waals surface area contributed by atoms with Crippen LogP contribution in [0.3, 0.4) is 0 Å². The molecule has 8 N–H and O–H groups in total. The van der Waals surface area contributed by atoms with Gasteiger partial charge in [0.15, 0.2) is 0 Å². The Hall–Kier alpha value is -2.34. The van der Waals surface area contributed by atoms with Gasteiger partial charge in [0.1, 0.15) is 18.1 Å². The van der Waals surface area contributed by atoms with Crippen molar-refractivity contribution >= 4 is 42.2 Å². The molecule has 5 atom stereocenters. The molecule has 12 heteroatoms. The van der Waals surface area contributed by atoms with Gasteiger partial charge in [-0.3, -0.25) is 19.2 Å². The molecule has 0 aliphatic rings. The first kappa shape index (κ1) is 28.7. The molecule has 0 heterocycles. The Morgan fingerprint density at radius 3 is 1.87 bits per heavy atom. The van der Waals surface area contributed by atoms with Crippen LogP contribution in [0, 0.1) is 11.8 Å². The Kier molecular flexibility index (Phi) is 12.8. The Labute approximate surface area is 187 Å². The molecule has 5 unspecified atom stereocenters. The van der Waals surface area contributed by atoms with Gasteiger partial charge in [-0.1, -0.05) is 34.1 Å². The Balaban J connectivity index is 5.37. The largest absolute Gasteiger partial charge is 0.480 e. The number of carboxylic acids is 1. The third-order valence-electron chi connectivity index (χ3n) is 4.88. The summed E-state index contributed by atoms with van der Waals surface area (Å²) in [5.41, 5.74) is 10.8. The molecule has 0 aromatic rings. The standard InChI is InChI=1S/C19H35N5O6S/c1-5-10(4)15(24-16(26)11(20)6-7-13(21)25)18(28)23-14(9(2)3)17(27)22-12(8-31)19(29)30/h9-12,14-15,31H,5-8,20H2,1-4H3,(H2,21,25)(H,22,27)(H,23,28)(H,24,26)(H,29,30). The SMILES string of the molecule is CCC(C)C(NC(=O)C(N)CCC(N)=O)C(=O)NC(C(=O)NC(CS)C(=O)O)C(C)C. The maximum Gasteiger partial charge on any atom is 0.327 e. The van der Waals surface area contributed by atoms with E-state index in [0.29, 0.717) is 6.42 Å². The fourth-order valence-corrected chi connectivity index (χ4v) is 2.86. The first-order chi connectivity index (χ1) is 14.3. The lowest BCUT2D eigenvalue weighted by Gasteiger charge is -2.29. The van der Waals surface area contributed by atoms with Gasteiger partial charge in [0, 0.05) is 12.2 Å². The number of carboxylic acid groups (broad SMARTS) is 1. The number of carbonyl (C=O) groups excluding carboxylic acids is 4. The molecule has 178 valence electrons. The molecule has 0 bridgehead atoms. The number of aliphatic carboxylic acids is 1. The van der Waals surface area contributed by atoms with Gasteiger partial charge in [-0.05, 0) is 18.3 Å². The quantitative estimate of drug-likeness (QED) is 0.157. The van der Waals surface area contributed by atoms with Gasteiger partial charge >= 0.3 is 5.97 Å². The minimum atomic E-state index is -1.24. The molecule has 0 aliphatic carbocycles. The second-order valence-electron chi connectivity index (χ2n) is 7.80. The summed E-state index contributed by atoms with van der Waals surface area (Å²) >= 11 is 3.91. The van der Waals surface area contributed by atoms with E-state index in [9.17, 15) is 24.0 Å². The zero-order valence-corrected chi connectivity index (χ0v) is 19.3. The monoisotopic (exact) mass is 461 g/mol. The molecule has 31 heavy (non-hydrogen) atoms. The highest BCUT2D eigenvalue weighted by atomic mass is 32.1. The normalized spacial score (nSPS) is 15.8. The summed E-state index contributed by atoms with van der Waals surface area (Å²) in [4.78, 5) is 59.9. The molecular formula is C19H35N5O6S. The van der Waals surface area contributed by atoms with E-state index < -0.39 is 53.8 Å². The molecule has 4 amide bonds. The fourth-order valence-electron chi connectivity index (χ4n) is 2.62. The minimum absolute atomic E-state index is 0.0351. The summed E-state index contributed by atoms with van der Waals surface area (Å²) in [5, 5.41) is 16.6. The van der Waals surface area contributed by atoms with Gasteiger partial charge in [-0.15, -0.1) is 0 Å². The van der Waals surface area contributed by atoms with E-state index in [1.807, 2.05) is 6.92 Å². The van der Waals surface area contributed by atoms with Crippen molar-refractivity contribution in [3.63, 3.8) is 0 Å². The Bertz CT molecular complexity index is 660. The van der Waals surface area contributed by atoms with Crippen LogP contribution in [0.2, 0.25) is 0 Å². The summed E-state index contributed by atoms with van der Waals surface area (Å²) in [7, 11) is 0. The van der Waals surface area contributed by atoms with Gasteiger partial charge in [-0.25, -0.2) is 4.79 Å². The lowest BCUT2D eigenvalue weighted by atomic mass is 9.96. The van der Waals surface area contributed by atoms with Crippen molar-refractivity contribution in [2.24, 2.45) is 23.3 Å². The van der Waals surface area contributed by atoms with Crippen molar-refractivity contribution in [3.8, 4) is 0 Å². The number of thiol groups is 1. The van der Waals surface area contributed by atoms with Crippen LogP contribution in [0.25, 0.3) is 0 Å². The highest BCUT2D eigenvalue weighted by Gasteiger charge is 2.33. The third-order valence-corrected chi connectivity index (χ3v) is 5.24.